The molecule has 1 aliphatic rings. The molecule has 0 bridgehead atoms. The first-order chi connectivity index (χ1) is 27.0. The van der Waals surface area contributed by atoms with Crippen LogP contribution in [0.1, 0.15) is 78.4 Å². The van der Waals surface area contributed by atoms with Crippen LogP contribution in [0.3, 0.4) is 0 Å². The van der Waals surface area contributed by atoms with Gasteiger partial charge in [-0.15, -0.1) is 0 Å². The molecule has 2 aromatic rings. The molecular formula is C43H63N5O9. The SMILES string of the molecule is CC(=O)OC[C@@](C)(O)C(=O)C(CC(C)C)NC(=O)[C@H](Cc1ccccc1)NC(=O)[C@H](CCC(C)C)NC(=O)[C@H](CCc1ccccc1)NC(=O)CN1CCOCC1. The second kappa shape index (κ2) is 23.5. The maximum atomic E-state index is 14.2. The van der Waals surface area contributed by atoms with Gasteiger partial charge < -0.3 is 35.8 Å². The van der Waals surface area contributed by atoms with E-state index in [4.69, 9.17) is 9.47 Å². The highest BCUT2D eigenvalue weighted by atomic mass is 16.5. The average molecular weight is 794 g/mol. The van der Waals surface area contributed by atoms with Crippen LogP contribution in [0, 0.1) is 11.8 Å². The monoisotopic (exact) mass is 793 g/mol. The minimum atomic E-state index is -2.09. The Labute approximate surface area is 337 Å². The number of nitrogens with one attached hydrogen (secondary N) is 4. The van der Waals surface area contributed by atoms with Gasteiger partial charge in [-0.2, -0.15) is 0 Å². The second-order valence-electron chi connectivity index (χ2n) is 15.9. The van der Waals surface area contributed by atoms with Crippen molar-refractivity contribution in [3.63, 3.8) is 0 Å². The zero-order valence-corrected chi connectivity index (χ0v) is 34.4. The average Bonchev–Trinajstić information content (AvgIpc) is 3.17. The minimum absolute atomic E-state index is 0.0625. The van der Waals surface area contributed by atoms with E-state index in [1.165, 1.54) is 6.92 Å². The molecule has 1 fully saturated rings. The summed E-state index contributed by atoms with van der Waals surface area (Å²) in [6.07, 6.45) is 1.86. The van der Waals surface area contributed by atoms with E-state index in [2.05, 4.69) is 21.3 Å². The molecule has 1 saturated heterocycles. The Morgan fingerprint density at radius 3 is 1.81 bits per heavy atom. The molecule has 0 radical (unpaired) electrons. The van der Waals surface area contributed by atoms with Gasteiger partial charge >= 0.3 is 5.97 Å². The molecule has 2 aromatic carbocycles. The maximum absolute atomic E-state index is 14.2. The van der Waals surface area contributed by atoms with E-state index in [1.807, 2.05) is 81.1 Å². The molecule has 314 valence electrons. The predicted molar refractivity (Wildman–Crippen MR) is 216 cm³/mol. The van der Waals surface area contributed by atoms with Gasteiger partial charge in [0.05, 0.1) is 25.8 Å². The summed E-state index contributed by atoms with van der Waals surface area (Å²) in [7, 11) is 0. The molecule has 0 aliphatic carbocycles. The van der Waals surface area contributed by atoms with Crippen molar-refractivity contribution in [3.8, 4) is 0 Å². The van der Waals surface area contributed by atoms with Crippen molar-refractivity contribution in [1.29, 1.82) is 0 Å². The Hall–Kier alpha value is -4.66. The highest BCUT2D eigenvalue weighted by Crippen LogP contribution is 2.17. The standard InChI is InChI=1S/C43H63N5O9/c1-29(2)17-19-35(45-40(52)34(20-18-32-13-9-7-10-14-32)44-38(50)27-48-21-23-56-24-22-48)41(53)47-37(26-33-15-11-8-12-16-33)42(54)46-36(25-30(3)4)39(51)43(6,55)28-57-31(5)49/h7-16,29-30,34-37,55H,17-28H2,1-6H3,(H,44,50)(H,45,52)(H,46,54)(H,47,53)/t34-,35-,36?,37-,43+/m0/s1. The summed E-state index contributed by atoms with van der Waals surface area (Å²) in [5, 5.41) is 22.4. The minimum Gasteiger partial charge on any atom is -0.462 e. The van der Waals surface area contributed by atoms with E-state index in [1.54, 1.807) is 12.1 Å². The first-order valence-electron chi connectivity index (χ1n) is 20.0. The van der Waals surface area contributed by atoms with Crippen LogP contribution in [-0.2, 0) is 51.1 Å². The molecule has 0 spiro atoms. The summed E-state index contributed by atoms with van der Waals surface area (Å²) in [4.78, 5) is 82.6. The lowest BCUT2D eigenvalue weighted by atomic mass is 9.90. The first-order valence-corrected chi connectivity index (χ1v) is 20.0. The molecule has 0 aromatic heterocycles. The fourth-order valence-corrected chi connectivity index (χ4v) is 6.46. The van der Waals surface area contributed by atoms with Crippen LogP contribution >= 0.6 is 0 Å². The lowest BCUT2D eigenvalue weighted by Gasteiger charge is -2.30. The zero-order chi connectivity index (χ0) is 42.0. The second-order valence-corrected chi connectivity index (χ2v) is 15.9. The summed E-state index contributed by atoms with van der Waals surface area (Å²) >= 11 is 0. The number of Topliss-reactive ketones (excluding diaryl/α,β-unsaturated/α-hetero) is 1. The summed E-state index contributed by atoms with van der Waals surface area (Å²) in [5.41, 5.74) is -0.362. The van der Waals surface area contributed by atoms with Crippen LogP contribution in [0.15, 0.2) is 60.7 Å². The lowest BCUT2D eigenvalue weighted by Crippen LogP contribution is -2.60. The summed E-state index contributed by atoms with van der Waals surface area (Å²) in [6.45, 7) is 11.9. The number of carbonyl (C=O) groups is 6. The maximum Gasteiger partial charge on any atom is 0.302 e. The van der Waals surface area contributed by atoms with E-state index in [0.29, 0.717) is 39.1 Å². The lowest BCUT2D eigenvalue weighted by molar-refractivity contribution is -0.156. The van der Waals surface area contributed by atoms with Gasteiger partial charge in [0.1, 0.15) is 24.7 Å². The third-order valence-electron chi connectivity index (χ3n) is 9.70. The first kappa shape index (κ1) is 46.7. The third-order valence-corrected chi connectivity index (χ3v) is 9.70. The normalized spacial score (nSPS) is 16.4. The molecule has 1 heterocycles. The van der Waals surface area contributed by atoms with Crippen LogP contribution in [0.5, 0.6) is 0 Å². The van der Waals surface area contributed by atoms with Crippen molar-refractivity contribution in [3.05, 3.63) is 71.8 Å². The van der Waals surface area contributed by atoms with Gasteiger partial charge in [0.2, 0.25) is 23.6 Å². The van der Waals surface area contributed by atoms with Gasteiger partial charge in [-0.1, -0.05) is 88.4 Å². The Morgan fingerprint density at radius 2 is 1.25 bits per heavy atom. The third kappa shape index (κ3) is 17.2. The highest BCUT2D eigenvalue weighted by molar-refractivity contribution is 5.98. The topological polar surface area (TPSA) is 192 Å². The van der Waals surface area contributed by atoms with Crippen molar-refractivity contribution in [2.24, 2.45) is 11.8 Å². The van der Waals surface area contributed by atoms with Crippen molar-refractivity contribution in [1.82, 2.24) is 26.2 Å². The highest BCUT2D eigenvalue weighted by Gasteiger charge is 2.39. The van der Waals surface area contributed by atoms with Gasteiger partial charge in [-0.3, -0.25) is 33.7 Å². The van der Waals surface area contributed by atoms with Crippen LogP contribution in [0.4, 0.5) is 0 Å². The van der Waals surface area contributed by atoms with Gasteiger partial charge in [-0.05, 0) is 62.0 Å². The fraction of sp³-hybridized carbons (Fsp3) is 0.581. The van der Waals surface area contributed by atoms with Crippen LogP contribution in [0.2, 0.25) is 0 Å². The molecule has 4 amide bonds. The number of hydrogen-bond acceptors (Lipinski definition) is 10. The molecule has 14 heteroatoms. The van der Waals surface area contributed by atoms with Gasteiger partial charge in [-0.25, -0.2) is 0 Å². The quantitative estimate of drug-likeness (QED) is 0.105. The molecule has 0 saturated carbocycles. The number of nitrogens with zero attached hydrogens (tertiary/aromatic N) is 1. The van der Waals surface area contributed by atoms with Crippen LogP contribution < -0.4 is 21.3 Å². The van der Waals surface area contributed by atoms with Crippen molar-refractivity contribution in [2.45, 2.75) is 110 Å². The Morgan fingerprint density at radius 1 is 0.719 bits per heavy atom. The smallest absolute Gasteiger partial charge is 0.302 e. The molecule has 1 aliphatic heterocycles. The Bertz CT molecular complexity index is 1600. The van der Waals surface area contributed by atoms with Crippen LogP contribution in [-0.4, -0.2) is 115 Å². The number of aryl methyl sites for hydroxylation is 1. The number of esters is 1. The van der Waals surface area contributed by atoms with Gasteiger partial charge in [0.15, 0.2) is 11.4 Å². The van der Waals surface area contributed by atoms with E-state index >= 15 is 0 Å². The van der Waals surface area contributed by atoms with Crippen molar-refractivity contribution in [2.75, 3.05) is 39.5 Å². The number of morpholine rings is 1. The number of ether oxygens (including phenoxy) is 2. The summed E-state index contributed by atoms with van der Waals surface area (Å²) < 4.78 is 10.3. The molecule has 5 N–H and O–H groups in total. The predicted octanol–water partition coefficient (Wildman–Crippen LogP) is 2.50. The van der Waals surface area contributed by atoms with E-state index < -0.39 is 65.8 Å². The number of aliphatic hydroxyl groups is 1. The number of amides is 4. The van der Waals surface area contributed by atoms with Crippen molar-refractivity contribution < 1.29 is 43.3 Å². The number of rotatable bonds is 23. The van der Waals surface area contributed by atoms with Gasteiger partial charge in [0.25, 0.3) is 0 Å². The Balaban J connectivity index is 1.86. The molecule has 57 heavy (non-hydrogen) atoms. The summed E-state index contributed by atoms with van der Waals surface area (Å²) in [6, 6.07) is 14.3. The number of benzene rings is 2. The van der Waals surface area contributed by atoms with Crippen LogP contribution in [0.25, 0.3) is 0 Å². The number of ketones is 1. The van der Waals surface area contributed by atoms with Gasteiger partial charge in [0, 0.05) is 26.4 Å². The van der Waals surface area contributed by atoms with E-state index in [9.17, 15) is 33.9 Å². The molecule has 3 rings (SSSR count). The molecule has 1 unspecified atom stereocenters. The molecule has 14 nitrogen and oxygen atoms in total. The molecular weight excluding hydrogens is 730 g/mol. The number of carbonyl (C=O) groups excluding carboxylic acids is 6. The number of hydrogen-bond donors (Lipinski definition) is 5. The molecule has 5 atom stereocenters. The largest absolute Gasteiger partial charge is 0.462 e. The van der Waals surface area contributed by atoms with E-state index in [-0.39, 0.29) is 50.0 Å². The summed E-state index contributed by atoms with van der Waals surface area (Å²) in [5.74, 6) is -3.41. The fourth-order valence-electron chi connectivity index (χ4n) is 6.46. The van der Waals surface area contributed by atoms with E-state index in [0.717, 1.165) is 18.1 Å². The zero-order valence-electron chi connectivity index (χ0n) is 34.4. The Kier molecular flexibility index (Phi) is 19.3. The van der Waals surface area contributed by atoms with Crippen molar-refractivity contribution >= 4 is 35.4 Å².